The minimum Gasteiger partial charge on any atom is -0.448 e. The molecule has 1 fully saturated rings. The molecule has 20 heavy (non-hydrogen) atoms. The summed E-state index contributed by atoms with van der Waals surface area (Å²) in [5, 5.41) is 0.526. The third kappa shape index (κ3) is 2.38. The first-order valence-electron chi connectivity index (χ1n) is 6.36. The molecule has 1 aromatic carbocycles. The third-order valence-corrected chi connectivity index (χ3v) is 3.52. The summed E-state index contributed by atoms with van der Waals surface area (Å²) in [7, 11) is 0. The quantitative estimate of drug-likeness (QED) is 0.866. The molecule has 3 rings (SSSR count). The van der Waals surface area contributed by atoms with Gasteiger partial charge in [-0.15, -0.1) is 0 Å². The molecular weight excluding hydrogens is 284 g/mol. The van der Waals surface area contributed by atoms with E-state index in [1.807, 2.05) is 0 Å². The fourth-order valence-electron chi connectivity index (χ4n) is 2.30. The van der Waals surface area contributed by atoms with Crippen LogP contribution in [-0.2, 0) is 11.3 Å². The maximum absolute atomic E-state index is 11.8. The van der Waals surface area contributed by atoms with Crippen molar-refractivity contribution in [1.82, 2.24) is 9.47 Å². The number of rotatable bonds is 4. The summed E-state index contributed by atoms with van der Waals surface area (Å²) in [6, 6.07) is 5.09. The van der Waals surface area contributed by atoms with Crippen molar-refractivity contribution >= 4 is 28.8 Å². The number of nitrogens with zero attached hydrogens (tertiary/aromatic N) is 2. The molecule has 1 aliphatic rings. The van der Waals surface area contributed by atoms with E-state index >= 15 is 0 Å². The van der Waals surface area contributed by atoms with Gasteiger partial charge in [-0.05, 0) is 18.6 Å². The van der Waals surface area contributed by atoms with Gasteiger partial charge >= 0.3 is 11.8 Å². The van der Waals surface area contributed by atoms with Gasteiger partial charge < -0.3 is 14.1 Å². The molecule has 0 spiro atoms. The second-order valence-corrected chi connectivity index (χ2v) is 5.02. The van der Waals surface area contributed by atoms with E-state index in [-0.39, 0.29) is 6.09 Å². The van der Waals surface area contributed by atoms with Crippen molar-refractivity contribution in [3.8, 4) is 0 Å². The number of ether oxygens (including phenoxy) is 1. The van der Waals surface area contributed by atoms with Crippen LogP contribution in [0.5, 0.6) is 0 Å². The number of carbonyl (C=O) groups is 1. The Labute approximate surface area is 119 Å². The number of carbonyl (C=O) groups excluding carboxylic acids is 1. The molecule has 0 aliphatic carbocycles. The summed E-state index contributed by atoms with van der Waals surface area (Å²) in [5.74, 6) is -0.411. The molecule has 1 aromatic heterocycles. The van der Waals surface area contributed by atoms with Gasteiger partial charge in [0.1, 0.15) is 6.61 Å². The average Bonchev–Trinajstić information content (AvgIpc) is 2.94. The molecule has 2 heterocycles. The normalized spacial score (nSPS) is 15.1. The van der Waals surface area contributed by atoms with Crippen molar-refractivity contribution in [3.05, 3.63) is 33.8 Å². The monoisotopic (exact) mass is 296 g/mol. The first kappa shape index (κ1) is 13.1. The van der Waals surface area contributed by atoms with E-state index < -0.39 is 5.76 Å². The Morgan fingerprint density at radius 3 is 2.85 bits per heavy atom. The van der Waals surface area contributed by atoms with Gasteiger partial charge in [-0.25, -0.2) is 9.59 Å². The SMILES string of the molecule is O=C1OCCN1CCCn1c(=O)oc2cc(Cl)ccc21. The number of oxazole rings is 1. The number of fused-ring (bicyclic) bond motifs is 1. The topological polar surface area (TPSA) is 64.7 Å². The van der Waals surface area contributed by atoms with Crippen LogP contribution in [0.4, 0.5) is 4.79 Å². The predicted octanol–water partition coefficient (Wildman–Crippen LogP) is 2.09. The van der Waals surface area contributed by atoms with Crippen LogP contribution in [-0.4, -0.2) is 35.3 Å². The van der Waals surface area contributed by atoms with E-state index in [2.05, 4.69) is 0 Å². The largest absolute Gasteiger partial charge is 0.448 e. The number of benzene rings is 1. The van der Waals surface area contributed by atoms with Crippen molar-refractivity contribution in [2.24, 2.45) is 0 Å². The lowest BCUT2D eigenvalue weighted by atomic mass is 10.3. The van der Waals surface area contributed by atoms with Gasteiger partial charge in [0.05, 0.1) is 12.1 Å². The lowest BCUT2D eigenvalue weighted by molar-refractivity contribution is 0.158. The smallest absolute Gasteiger partial charge is 0.419 e. The molecule has 106 valence electrons. The van der Waals surface area contributed by atoms with Crippen LogP contribution in [0.3, 0.4) is 0 Å². The van der Waals surface area contributed by atoms with E-state index in [0.717, 1.165) is 0 Å². The molecule has 0 N–H and O–H groups in total. The number of halogens is 1. The van der Waals surface area contributed by atoms with Crippen molar-refractivity contribution in [3.63, 3.8) is 0 Å². The van der Waals surface area contributed by atoms with Crippen LogP contribution >= 0.6 is 11.6 Å². The molecule has 0 radical (unpaired) electrons. The highest BCUT2D eigenvalue weighted by Gasteiger charge is 2.21. The first-order valence-corrected chi connectivity index (χ1v) is 6.73. The number of amides is 1. The number of hydrogen-bond acceptors (Lipinski definition) is 4. The van der Waals surface area contributed by atoms with Gasteiger partial charge in [-0.3, -0.25) is 4.57 Å². The maximum atomic E-state index is 11.8. The van der Waals surface area contributed by atoms with Gasteiger partial charge in [0.25, 0.3) is 0 Å². The molecule has 0 bridgehead atoms. The van der Waals surface area contributed by atoms with Gasteiger partial charge in [0.15, 0.2) is 5.58 Å². The molecule has 0 atom stereocenters. The van der Waals surface area contributed by atoms with E-state index in [9.17, 15) is 9.59 Å². The number of hydrogen-bond donors (Lipinski definition) is 0. The molecule has 2 aromatic rings. The zero-order valence-electron chi connectivity index (χ0n) is 10.7. The number of aromatic nitrogens is 1. The summed E-state index contributed by atoms with van der Waals surface area (Å²) >= 11 is 5.86. The van der Waals surface area contributed by atoms with E-state index in [1.165, 1.54) is 0 Å². The van der Waals surface area contributed by atoms with E-state index in [4.69, 9.17) is 20.8 Å². The molecule has 1 saturated heterocycles. The lowest BCUT2D eigenvalue weighted by Gasteiger charge is -2.11. The average molecular weight is 297 g/mol. The molecule has 1 amide bonds. The highest BCUT2D eigenvalue weighted by atomic mass is 35.5. The zero-order valence-corrected chi connectivity index (χ0v) is 11.4. The van der Waals surface area contributed by atoms with Gasteiger partial charge in [0.2, 0.25) is 0 Å². The van der Waals surface area contributed by atoms with Crippen LogP contribution in [0, 0.1) is 0 Å². The highest BCUT2D eigenvalue weighted by Crippen LogP contribution is 2.18. The zero-order chi connectivity index (χ0) is 14.1. The van der Waals surface area contributed by atoms with Crippen molar-refractivity contribution in [2.75, 3.05) is 19.7 Å². The second-order valence-electron chi connectivity index (χ2n) is 4.59. The van der Waals surface area contributed by atoms with Crippen molar-refractivity contribution < 1.29 is 13.9 Å². The summed E-state index contributed by atoms with van der Waals surface area (Å²) in [6.07, 6.45) is 0.368. The Balaban J connectivity index is 1.72. The fraction of sp³-hybridized carbons (Fsp3) is 0.385. The van der Waals surface area contributed by atoms with Gasteiger partial charge in [-0.1, -0.05) is 11.6 Å². The first-order chi connectivity index (χ1) is 9.65. The summed E-state index contributed by atoms with van der Waals surface area (Å²) in [5.41, 5.74) is 1.19. The Morgan fingerprint density at radius 2 is 2.10 bits per heavy atom. The third-order valence-electron chi connectivity index (χ3n) is 3.28. The molecule has 0 unspecified atom stereocenters. The Kier molecular flexibility index (Phi) is 3.40. The number of aryl methyl sites for hydroxylation is 1. The second kappa shape index (κ2) is 5.20. The van der Waals surface area contributed by atoms with Crippen molar-refractivity contribution in [1.29, 1.82) is 0 Å². The van der Waals surface area contributed by atoms with Crippen LogP contribution in [0.25, 0.3) is 11.1 Å². The summed E-state index contributed by atoms with van der Waals surface area (Å²) < 4.78 is 11.5. The molecular formula is C13H13ClN2O4. The summed E-state index contributed by atoms with van der Waals surface area (Å²) in [4.78, 5) is 24.7. The predicted molar refractivity (Wildman–Crippen MR) is 73.0 cm³/mol. The van der Waals surface area contributed by atoms with Gasteiger partial charge in [0, 0.05) is 24.2 Å². The van der Waals surface area contributed by atoms with Crippen LogP contribution in [0.2, 0.25) is 5.02 Å². The molecule has 6 nitrogen and oxygen atoms in total. The Morgan fingerprint density at radius 1 is 1.25 bits per heavy atom. The molecule has 1 aliphatic heterocycles. The van der Waals surface area contributed by atoms with Crippen molar-refractivity contribution in [2.45, 2.75) is 13.0 Å². The van der Waals surface area contributed by atoms with E-state index in [0.29, 0.717) is 48.8 Å². The number of cyclic esters (lactones) is 1. The Bertz CT molecular complexity index is 706. The molecule has 7 heteroatoms. The van der Waals surface area contributed by atoms with E-state index in [1.54, 1.807) is 27.7 Å². The minimum absolute atomic E-state index is 0.291. The van der Waals surface area contributed by atoms with Crippen LogP contribution in [0.15, 0.2) is 27.4 Å². The standard InChI is InChI=1S/C13H13ClN2O4/c14-9-2-3-10-11(8-9)20-13(18)16(10)5-1-4-15-6-7-19-12(15)17/h2-3,8H,1,4-7H2. The maximum Gasteiger partial charge on any atom is 0.419 e. The summed E-state index contributed by atoms with van der Waals surface area (Å²) in [6.45, 7) is 2.09. The highest BCUT2D eigenvalue weighted by molar-refractivity contribution is 6.31. The molecule has 0 saturated carbocycles. The fourth-order valence-corrected chi connectivity index (χ4v) is 2.46. The van der Waals surface area contributed by atoms with Crippen LogP contribution < -0.4 is 5.76 Å². The Hall–Kier alpha value is -1.95. The van der Waals surface area contributed by atoms with Gasteiger partial charge in [-0.2, -0.15) is 0 Å². The minimum atomic E-state index is -0.411. The lowest BCUT2D eigenvalue weighted by Crippen LogP contribution is -2.27. The van der Waals surface area contributed by atoms with Crippen LogP contribution in [0.1, 0.15) is 6.42 Å².